The Morgan fingerprint density at radius 3 is 2.18 bits per heavy atom. The first-order valence-electron chi connectivity index (χ1n) is 10.6. The highest BCUT2D eigenvalue weighted by Crippen LogP contribution is 2.26. The number of rotatable bonds is 5. The number of carbonyl (C=O) groups is 1. The summed E-state index contributed by atoms with van der Waals surface area (Å²) in [7, 11) is -3.81. The van der Waals surface area contributed by atoms with Gasteiger partial charge in [-0.1, -0.05) is 54.6 Å². The summed E-state index contributed by atoms with van der Waals surface area (Å²) in [6, 6.07) is 30.1. The van der Waals surface area contributed by atoms with Crippen LogP contribution >= 0.6 is 0 Å². The van der Waals surface area contributed by atoms with Crippen LogP contribution in [0.1, 0.15) is 10.4 Å². The smallest absolute Gasteiger partial charge is 0.268 e. The largest absolute Gasteiger partial charge is 0.397 e. The Balaban J connectivity index is 1.44. The van der Waals surface area contributed by atoms with E-state index in [2.05, 4.69) is 5.32 Å². The van der Waals surface area contributed by atoms with E-state index in [9.17, 15) is 13.2 Å². The minimum atomic E-state index is -3.81. The van der Waals surface area contributed by atoms with E-state index in [0.29, 0.717) is 27.8 Å². The summed E-state index contributed by atoms with van der Waals surface area (Å²) >= 11 is 0. The molecule has 0 bridgehead atoms. The van der Waals surface area contributed by atoms with Crippen molar-refractivity contribution >= 4 is 38.2 Å². The Morgan fingerprint density at radius 1 is 0.765 bits per heavy atom. The predicted octanol–water partition coefficient (Wildman–Crippen LogP) is 5.38. The molecule has 34 heavy (non-hydrogen) atoms. The second-order valence-electron chi connectivity index (χ2n) is 7.82. The lowest BCUT2D eigenvalue weighted by Crippen LogP contribution is -2.14. The molecular formula is C27H21N3O3S. The number of benzene rings is 4. The molecule has 3 N–H and O–H groups in total. The first kappa shape index (κ1) is 21.5. The van der Waals surface area contributed by atoms with E-state index in [1.807, 2.05) is 30.3 Å². The molecular weight excluding hydrogens is 446 g/mol. The van der Waals surface area contributed by atoms with Gasteiger partial charge in [0, 0.05) is 17.1 Å². The van der Waals surface area contributed by atoms with Crippen molar-refractivity contribution in [2.45, 2.75) is 4.90 Å². The van der Waals surface area contributed by atoms with Gasteiger partial charge in [-0.2, -0.15) is 0 Å². The third-order valence-electron chi connectivity index (χ3n) is 5.64. The summed E-state index contributed by atoms with van der Waals surface area (Å²) in [5.41, 5.74) is 9.73. The van der Waals surface area contributed by atoms with Crippen LogP contribution in [0.2, 0.25) is 0 Å². The summed E-state index contributed by atoms with van der Waals surface area (Å²) < 4.78 is 27.9. The summed E-state index contributed by atoms with van der Waals surface area (Å²) in [5, 5.41) is 3.42. The van der Waals surface area contributed by atoms with Crippen molar-refractivity contribution in [1.29, 1.82) is 0 Å². The monoisotopic (exact) mass is 467 g/mol. The lowest BCUT2D eigenvalue weighted by molar-refractivity contribution is 0.102. The van der Waals surface area contributed by atoms with E-state index < -0.39 is 10.0 Å². The van der Waals surface area contributed by atoms with Crippen LogP contribution in [0.3, 0.4) is 0 Å². The van der Waals surface area contributed by atoms with Gasteiger partial charge in [0.25, 0.3) is 15.9 Å². The maximum atomic E-state index is 13.3. The van der Waals surface area contributed by atoms with Crippen LogP contribution in [-0.4, -0.2) is 18.3 Å². The van der Waals surface area contributed by atoms with E-state index >= 15 is 0 Å². The van der Waals surface area contributed by atoms with Crippen molar-refractivity contribution in [3.8, 4) is 11.1 Å². The van der Waals surface area contributed by atoms with Crippen molar-refractivity contribution in [2.75, 3.05) is 11.1 Å². The number of carbonyl (C=O) groups excluding carboxylic acids is 1. The normalized spacial score (nSPS) is 11.4. The molecule has 1 heterocycles. The molecule has 0 saturated heterocycles. The highest BCUT2D eigenvalue weighted by molar-refractivity contribution is 7.90. The summed E-state index contributed by atoms with van der Waals surface area (Å²) in [5.74, 6) is -0.327. The average Bonchev–Trinajstić information content (AvgIpc) is 3.30. The molecule has 0 saturated carbocycles. The molecule has 4 aromatic carbocycles. The minimum Gasteiger partial charge on any atom is -0.397 e. The Hall–Kier alpha value is -4.36. The fourth-order valence-corrected chi connectivity index (χ4v) is 5.19. The zero-order valence-corrected chi connectivity index (χ0v) is 18.9. The average molecular weight is 468 g/mol. The molecule has 1 amide bonds. The van der Waals surface area contributed by atoms with Gasteiger partial charge in [0.15, 0.2) is 0 Å². The number of fused-ring (bicyclic) bond motifs is 1. The minimum absolute atomic E-state index is 0.186. The first-order chi connectivity index (χ1) is 16.4. The highest BCUT2D eigenvalue weighted by atomic mass is 32.2. The molecule has 5 rings (SSSR count). The maximum absolute atomic E-state index is 13.3. The quantitative estimate of drug-likeness (QED) is 0.339. The van der Waals surface area contributed by atoms with Crippen LogP contribution in [0, 0.1) is 0 Å². The second kappa shape index (κ2) is 8.53. The van der Waals surface area contributed by atoms with Gasteiger partial charge in [-0.3, -0.25) is 4.79 Å². The molecule has 1 aromatic heterocycles. The molecule has 5 aromatic rings. The standard InChI is InChI=1S/C27H21N3O3S/c28-24-8-4-5-9-25(24)29-27(31)22-12-15-26-21(18-22)16-17-30(26)34(32,33)23-13-10-20(11-14-23)19-6-2-1-3-7-19/h1-18H,28H2,(H,29,31). The Kier molecular flexibility index (Phi) is 5.39. The molecule has 0 aliphatic rings. The van der Waals surface area contributed by atoms with E-state index in [-0.39, 0.29) is 10.8 Å². The van der Waals surface area contributed by atoms with Gasteiger partial charge in [0.1, 0.15) is 0 Å². The molecule has 168 valence electrons. The van der Waals surface area contributed by atoms with Crippen molar-refractivity contribution in [3.05, 3.63) is 115 Å². The number of para-hydroxylation sites is 2. The van der Waals surface area contributed by atoms with Crippen LogP contribution in [0.25, 0.3) is 22.0 Å². The third kappa shape index (κ3) is 3.93. The van der Waals surface area contributed by atoms with Gasteiger partial charge in [-0.05, 0) is 59.7 Å². The fourth-order valence-electron chi connectivity index (χ4n) is 3.84. The molecule has 0 atom stereocenters. The third-order valence-corrected chi connectivity index (χ3v) is 7.35. The van der Waals surface area contributed by atoms with Crippen molar-refractivity contribution in [2.24, 2.45) is 0 Å². The summed E-state index contributed by atoms with van der Waals surface area (Å²) in [6.07, 6.45) is 1.50. The lowest BCUT2D eigenvalue weighted by atomic mass is 10.1. The van der Waals surface area contributed by atoms with E-state index in [1.165, 1.54) is 10.2 Å². The first-order valence-corrected chi connectivity index (χ1v) is 12.1. The van der Waals surface area contributed by atoms with Crippen LogP contribution in [0.4, 0.5) is 11.4 Å². The maximum Gasteiger partial charge on any atom is 0.268 e. The number of nitrogens with two attached hydrogens (primary N) is 1. The van der Waals surface area contributed by atoms with Crippen molar-refractivity contribution in [1.82, 2.24) is 3.97 Å². The predicted molar refractivity (Wildman–Crippen MR) is 135 cm³/mol. The zero-order valence-electron chi connectivity index (χ0n) is 18.0. The molecule has 0 aliphatic carbocycles. The molecule has 0 unspecified atom stereocenters. The van der Waals surface area contributed by atoms with Gasteiger partial charge >= 0.3 is 0 Å². The number of amides is 1. The van der Waals surface area contributed by atoms with Gasteiger partial charge < -0.3 is 11.1 Å². The topological polar surface area (TPSA) is 94.2 Å². The van der Waals surface area contributed by atoms with E-state index in [0.717, 1.165) is 11.1 Å². The molecule has 0 aliphatic heterocycles. The molecule has 0 spiro atoms. The number of hydrogen-bond acceptors (Lipinski definition) is 4. The van der Waals surface area contributed by atoms with Gasteiger partial charge in [0.05, 0.1) is 21.8 Å². The second-order valence-corrected chi connectivity index (χ2v) is 9.64. The number of hydrogen-bond donors (Lipinski definition) is 2. The van der Waals surface area contributed by atoms with Crippen molar-refractivity contribution in [3.63, 3.8) is 0 Å². The van der Waals surface area contributed by atoms with Crippen molar-refractivity contribution < 1.29 is 13.2 Å². The van der Waals surface area contributed by atoms with Crippen LogP contribution in [0.5, 0.6) is 0 Å². The summed E-state index contributed by atoms with van der Waals surface area (Å²) in [4.78, 5) is 12.9. The number of aromatic nitrogens is 1. The Labute approximate surface area is 197 Å². The number of anilines is 2. The fraction of sp³-hybridized carbons (Fsp3) is 0. The van der Waals surface area contributed by atoms with Gasteiger partial charge in [-0.25, -0.2) is 12.4 Å². The number of nitrogens with one attached hydrogen (secondary N) is 1. The van der Waals surface area contributed by atoms with E-state index in [1.54, 1.807) is 72.8 Å². The van der Waals surface area contributed by atoms with Gasteiger partial charge in [0.2, 0.25) is 0 Å². The highest BCUT2D eigenvalue weighted by Gasteiger charge is 2.20. The number of nitrogen functional groups attached to an aromatic ring is 1. The molecule has 6 nitrogen and oxygen atoms in total. The Bertz CT molecular complexity index is 1610. The lowest BCUT2D eigenvalue weighted by Gasteiger charge is -2.10. The van der Waals surface area contributed by atoms with Crippen LogP contribution in [0.15, 0.2) is 114 Å². The molecule has 0 radical (unpaired) electrons. The van der Waals surface area contributed by atoms with E-state index in [4.69, 9.17) is 5.73 Å². The SMILES string of the molecule is Nc1ccccc1NC(=O)c1ccc2c(ccn2S(=O)(=O)c2ccc(-c3ccccc3)cc2)c1. The molecule has 7 heteroatoms. The van der Waals surface area contributed by atoms with Crippen LogP contribution < -0.4 is 11.1 Å². The Morgan fingerprint density at radius 2 is 1.44 bits per heavy atom. The number of nitrogens with zero attached hydrogens (tertiary/aromatic N) is 1. The summed E-state index contributed by atoms with van der Waals surface area (Å²) in [6.45, 7) is 0. The zero-order chi connectivity index (χ0) is 23.7. The van der Waals surface area contributed by atoms with Crippen LogP contribution in [-0.2, 0) is 10.0 Å². The molecule has 0 fully saturated rings. The van der Waals surface area contributed by atoms with Gasteiger partial charge in [-0.15, -0.1) is 0 Å².